The summed E-state index contributed by atoms with van der Waals surface area (Å²) in [5.74, 6) is -0.0418. The minimum atomic E-state index is -0.803. The van der Waals surface area contributed by atoms with Gasteiger partial charge in [-0.25, -0.2) is 0 Å². The van der Waals surface area contributed by atoms with E-state index >= 15 is 0 Å². The molecule has 24 heavy (non-hydrogen) atoms. The molecular formula is C17H18N2O5. The number of carbonyl (C=O) groups is 2. The molecule has 1 unspecified atom stereocenters. The Morgan fingerprint density at radius 3 is 2.25 bits per heavy atom. The van der Waals surface area contributed by atoms with Crippen molar-refractivity contribution in [2.24, 2.45) is 0 Å². The molecule has 0 aliphatic rings. The van der Waals surface area contributed by atoms with Crippen molar-refractivity contribution in [3.8, 4) is 5.75 Å². The van der Waals surface area contributed by atoms with Gasteiger partial charge in [0.1, 0.15) is 5.75 Å². The Bertz CT molecular complexity index is 805. The molecule has 0 aliphatic carbocycles. The minimum absolute atomic E-state index is 0.0525. The number of non-ortho nitro benzene ring substituents is 1. The van der Waals surface area contributed by atoms with E-state index in [0.717, 1.165) is 0 Å². The topological polar surface area (TPSA) is 102 Å². The van der Waals surface area contributed by atoms with E-state index in [1.54, 1.807) is 20.8 Å². The van der Waals surface area contributed by atoms with Gasteiger partial charge in [0.25, 0.3) is 5.69 Å². The molecule has 126 valence electrons. The van der Waals surface area contributed by atoms with E-state index in [4.69, 9.17) is 4.74 Å². The molecule has 1 aromatic heterocycles. The predicted molar refractivity (Wildman–Crippen MR) is 87.8 cm³/mol. The van der Waals surface area contributed by atoms with E-state index < -0.39 is 11.0 Å². The number of nitro groups is 1. The molecule has 0 saturated heterocycles. The van der Waals surface area contributed by atoms with Crippen molar-refractivity contribution >= 4 is 17.3 Å². The maximum atomic E-state index is 12.6. The third-order valence-electron chi connectivity index (χ3n) is 3.77. The molecule has 7 nitrogen and oxygen atoms in total. The summed E-state index contributed by atoms with van der Waals surface area (Å²) in [5, 5.41) is 10.6. The minimum Gasteiger partial charge on any atom is -0.483 e. The van der Waals surface area contributed by atoms with Crippen molar-refractivity contribution in [3.63, 3.8) is 0 Å². The number of nitrogens with one attached hydrogen (secondary N) is 1. The molecule has 0 spiro atoms. The van der Waals surface area contributed by atoms with Gasteiger partial charge < -0.3 is 9.72 Å². The third-order valence-corrected chi connectivity index (χ3v) is 3.77. The number of ketones is 2. The fourth-order valence-electron chi connectivity index (χ4n) is 2.63. The number of carbonyl (C=O) groups excluding carboxylic acids is 2. The highest BCUT2D eigenvalue weighted by atomic mass is 16.6. The largest absolute Gasteiger partial charge is 0.483 e. The molecule has 0 bridgehead atoms. The first-order valence-electron chi connectivity index (χ1n) is 7.37. The molecule has 0 aliphatic heterocycles. The van der Waals surface area contributed by atoms with Crippen LogP contribution in [0.25, 0.3) is 0 Å². The van der Waals surface area contributed by atoms with Crippen LogP contribution in [0.1, 0.15) is 46.0 Å². The van der Waals surface area contributed by atoms with Gasteiger partial charge in [0.05, 0.1) is 10.6 Å². The number of Topliss-reactive ketones (excluding diaryl/α,β-unsaturated/α-hetero) is 2. The number of ether oxygens (including phenoxy) is 1. The quantitative estimate of drug-likeness (QED) is 0.497. The number of rotatable bonds is 6. The number of hydrogen-bond donors (Lipinski definition) is 1. The Hall–Kier alpha value is -2.96. The lowest BCUT2D eigenvalue weighted by molar-refractivity contribution is -0.384. The first kappa shape index (κ1) is 17.4. The standard InChI is InChI=1S/C17H18N2O5/c1-9-15(11(3)20)10(2)18-16(9)17(21)12(4)24-14-7-5-13(6-8-14)19(22)23/h5-8,12,18H,1-4H3. The van der Waals surface area contributed by atoms with Crippen LogP contribution >= 0.6 is 0 Å². The molecular weight excluding hydrogens is 312 g/mol. The van der Waals surface area contributed by atoms with Gasteiger partial charge in [-0.15, -0.1) is 0 Å². The lowest BCUT2D eigenvalue weighted by Crippen LogP contribution is -2.25. The van der Waals surface area contributed by atoms with Crippen LogP contribution in [0.3, 0.4) is 0 Å². The number of aryl methyl sites for hydroxylation is 1. The van der Waals surface area contributed by atoms with Gasteiger partial charge in [-0.05, 0) is 45.4 Å². The normalized spacial score (nSPS) is 11.8. The van der Waals surface area contributed by atoms with Crippen molar-refractivity contribution in [1.82, 2.24) is 4.98 Å². The molecule has 0 fully saturated rings. The lowest BCUT2D eigenvalue weighted by atomic mass is 10.0. The SMILES string of the molecule is CC(=O)c1c(C)[nH]c(C(=O)C(C)Oc2ccc([N+](=O)[O-])cc2)c1C. The average molecular weight is 330 g/mol. The van der Waals surface area contributed by atoms with E-state index in [-0.39, 0.29) is 17.3 Å². The van der Waals surface area contributed by atoms with Crippen LogP contribution in [0.2, 0.25) is 0 Å². The molecule has 1 N–H and O–H groups in total. The molecule has 1 atom stereocenters. The molecule has 0 amide bonds. The fraction of sp³-hybridized carbons (Fsp3) is 0.294. The second kappa shape index (κ2) is 6.66. The van der Waals surface area contributed by atoms with Gasteiger partial charge in [0, 0.05) is 23.4 Å². The zero-order valence-electron chi connectivity index (χ0n) is 13.9. The van der Waals surface area contributed by atoms with E-state index in [2.05, 4.69) is 4.98 Å². The van der Waals surface area contributed by atoms with E-state index in [0.29, 0.717) is 28.3 Å². The summed E-state index contributed by atoms with van der Waals surface area (Å²) in [4.78, 5) is 37.3. The van der Waals surface area contributed by atoms with Gasteiger partial charge in [0.15, 0.2) is 11.9 Å². The van der Waals surface area contributed by atoms with E-state index in [1.165, 1.54) is 31.2 Å². The smallest absolute Gasteiger partial charge is 0.269 e. The summed E-state index contributed by atoms with van der Waals surface area (Å²) < 4.78 is 5.55. The van der Waals surface area contributed by atoms with Crippen molar-refractivity contribution in [2.45, 2.75) is 33.8 Å². The highest BCUT2D eigenvalue weighted by Gasteiger charge is 2.24. The van der Waals surface area contributed by atoms with Crippen molar-refractivity contribution in [3.05, 3.63) is 56.9 Å². The maximum Gasteiger partial charge on any atom is 0.269 e. The highest BCUT2D eigenvalue weighted by Crippen LogP contribution is 2.22. The number of hydrogen-bond acceptors (Lipinski definition) is 5. The number of aromatic amines is 1. The molecule has 7 heteroatoms. The van der Waals surface area contributed by atoms with Crippen molar-refractivity contribution in [2.75, 3.05) is 0 Å². The first-order chi connectivity index (χ1) is 11.2. The van der Waals surface area contributed by atoms with Gasteiger partial charge in [0.2, 0.25) is 5.78 Å². The Labute approximate surface area is 138 Å². The monoisotopic (exact) mass is 330 g/mol. The summed E-state index contributed by atoms with van der Waals surface area (Å²) in [5.41, 5.74) is 2.05. The number of H-pyrrole nitrogens is 1. The summed E-state index contributed by atoms with van der Waals surface area (Å²) in [6.45, 7) is 6.50. The van der Waals surface area contributed by atoms with Gasteiger partial charge in [-0.3, -0.25) is 19.7 Å². The number of nitro benzene ring substituents is 1. The maximum absolute atomic E-state index is 12.6. The predicted octanol–water partition coefficient (Wildman–Crippen LogP) is 3.39. The number of benzene rings is 1. The van der Waals surface area contributed by atoms with Crippen LogP contribution in [0.5, 0.6) is 5.75 Å². The summed E-state index contributed by atoms with van der Waals surface area (Å²) >= 11 is 0. The lowest BCUT2D eigenvalue weighted by Gasteiger charge is -2.13. The van der Waals surface area contributed by atoms with Crippen LogP contribution < -0.4 is 4.74 Å². The third kappa shape index (κ3) is 3.34. The van der Waals surface area contributed by atoms with Crippen molar-refractivity contribution in [1.29, 1.82) is 0 Å². The molecule has 0 saturated carbocycles. The zero-order valence-corrected chi connectivity index (χ0v) is 13.9. The van der Waals surface area contributed by atoms with Gasteiger partial charge >= 0.3 is 0 Å². The second-order valence-electron chi connectivity index (χ2n) is 5.56. The van der Waals surface area contributed by atoms with Crippen LogP contribution in [0, 0.1) is 24.0 Å². The molecule has 0 radical (unpaired) electrons. The van der Waals surface area contributed by atoms with Crippen molar-refractivity contribution < 1.29 is 19.2 Å². The molecule has 1 heterocycles. The Morgan fingerprint density at radius 1 is 1.21 bits per heavy atom. The number of aromatic nitrogens is 1. The molecule has 1 aromatic carbocycles. The summed E-state index contributed by atoms with van der Waals surface area (Å²) in [6.07, 6.45) is -0.803. The van der Waals surface area contributed by atoms with Crippen LogP contribution in [-0.2, 0) is 0 Å². The Morgan fingerprint density at radius 2 is 1.79 bits per heavy atom. The second-order valence-corrected chi connectivity index (χ2v) is 5.56. The zero-order chi connectivity index (χ0) is 18.0. The molecule has 2 aromatic rings. The Balaban J connectivity index is 2.19. The van der Waals surface area contributed by atoms with E-state index in [1.807, 2.05) is 0 Å². The first-order valence-corrected chi connectivity index (χ1v) is 7.37. The van der Waals surface area contributed by atoms with Crippen LogP contribution in [0.15, 0.2) is 24.3 Å². The molecule has 2 rings (SSSR count). The highest BCUT2D eigenvalue weighted by molar-refractivity contribution is 6.04. The average Bonchev–Trinajstić information content (AvgIpc) is 2.81. The Kier molecular flexibility index (Phi) is 4.82. The van der Waals surface area contributed by atoms with Crippen LogP contribution in [-0.4, -0.2) is 27.6 Å². The summed E-state index contributed by atoms with van der Waals surface area (Å²) in [7, 11) is 0. The van der Waals surface area contributed by atoms with E-state index in [9.17, 15) is 19.7 Å². The van der Waals surface area contributed by atoms with Crippen LogP contribution in [0.4, 0.5) is 5.69 Å². The van der Waals surface area contributed by atoms with Gasteiger partial charge in [-0.1, -0.05) is 0 Å². The number of nitrogens with zero attached hydrogens (tertiary/aromatic N) is 1. The fourth-order valence-corrected chi connectivity index (χ4v) is 2.63. The van der Waals surface area contributed by atoms with Gasteiger partial charge in [-0.2, -0.15) is 0 Å². The summed E-state index contributed by atoms with van der Waals surface area (Å²) in [6, 6.07) is 5.50.